The quantitative estimate of drug-likeness (QED) is 0.371. The van der Waals surface area contributed by atoms with Crippen molar-refractivity contribution < 1.29 is 24.1 Å². The molecular formula is C27H26N2O6. The molecule has 8 heteroatoms. The smallest absolute Gasteiger partial charge is 0.333 e. The number of para-hydroxylation sites is 1. The van der Waals surface area contributed by atoms with Crippen molar-refractivity contribution in [3.05, 3.63) is 94.5 Å². The molecule has 0 spiro atoms. The average Bonchev–Trinajstić information content (AvgIpc) is 2.88. The first kappa shape index (κ1) is 24.0. The lowest BCUT2D eigenvalue weighted by molar-refractivity contribution is -0.149. The topological polar surface area (TPSA) is 99.9 Å². The molecule has 0 aliphatic rings. The lowest BCUT2D eigenvalue weighted by Crippen LogP contribution is -2.26. The summed E-state index contributed by atoms with van der Waals surface area (Å²) < 4.78 is 18.0. The number of methoxy groups -OCH3 is 1. The molecule has 0 aliphatic carbocycles. The maximum atomic E-state index is 13.3. The minimum atomic E-state index is -0.994. The van der Waals surface area contributed by atoms with Crippen LogP contribution >= 0.6 is 0 Å². The minimum Gasteiger partial charge on any atom is -0.497 e. The first-order valence-electron chi connectivity index (χ1n) is 11.2. The molecular weight excluding hydrogens is 448 g/mol. The molecule has 1 atom stereocenters. The zero-order chi connectivity index (χ0) is 24.8. The zero-order valence-corrected chi connectivity index (χ0v) is 19.5. The Balaban J connectivity index is 1.60. The number of ether oxygens (including phenoxy) is 3. The van der Waals surface area contributed by atoms with Crippen LogP contribution < -0.4 is 15.0 Å². The lowest BCUT2D eigenvalue weighted by atomic mass is 10.1. The number of rotatable bonds is 10. The first-order chi connectivity index (χ1) is 17.0. The number of hydrogen-bond donors (Lipinski definition) is 1. The van der Waals surface area contributed by atoms with Gasteiger partial charge >= 0.3 is 5.97 Å². The van der Waals surface area contributed by atoms with Gasteiger partial charge in [0.25, 0.3) is 5.56 Å². The van der Waals surface area contributed by atoms with Crippen LogP contribution in [0.25, 0.3) is 16.6 Å². The fourth-order valence-electron chi connectivity index (χ4n) is 3.78. The van der Waals surface area contributed by atoms with Gasteiger partial charge in [-0.05, 0) is 61.0 Å². The highest BCUT2D eigenvalue weighted by Gasteiger charge is 2.18. The van der Waals surface area contributed by atoms with Gasteiger partial charge in [-0.25, -0.2) is 9.78 Å². The van der Waals surface area contributed by atoms with E-state index >= 15 is 0 Å². The van der Waals surface area contributed by atoms with E-state index in [2.05, 4.69) is 0 Å². The summed E-state index contributed by atoms with van der Waals surface area (Å²) in [6.45, 7) is 2.15. The molecule has 0 aliphatic heterocycles. The second kappa shape index (κ2) is 10.8. The summed E-state index contributed by atoms with van der Waals surface area (Å²) in [6.07, 6.45) is -0.639. The number of aromatic nitrogens is 2. The first-order valence-corrected chi connectivity index (χ1v) is 11.2. The van der Waals surface area contributed by atoms with Crippen LogP contribution in [0, 0.1) is 0 Å². The highest BCUT2D eigenvalue weighted by atomic mass is 16.5. The summed E-state index contributed by atoms with van der Waals surface area (Å²) in [6, 6.07) is 21.5. The summed E-state index contributed by atoms with van der Waals surface area (Å²) in [4.78, 5) is 29.4. The molecule has 0 fully saturated rings. The van der Waals surface area contributed by atoms with E-state index in [1.165, 1.54) is 4.57 Å². The summed E-state index contributed by atoms with van der Waals surface area (Å²) in [5.41, 5.74) is 1.87. The van der Waals surface area contributed by atoms with E-state index in [4.69, 9.17) is 19.2 Å². The monoisotopic (exact) mass is 474 g/mol. The Labute approximate surface area is 202 Å². The fraction of sp³-hybridized carbons (Fsp3) is 0.222. The number of fused-ring (bicyclic) bond motifs is 1. The Morgan fingerprint density at radius 3 is 2.34 bits per heavy atom. The number of aliphatic carboxylic acids is 1. The maximum Gasteiger partial charge on any atom is 0.333 e. The van der Waals surface area contributed by atoms with Crippen molar-refractivity contribution in [2.45, 2.75) is 26.1 Å². The Hall–Kier alpha value is -4.17. The third-order valence-corrected chi connectivity index (χ3v) is 5.53. The minimum absolute atomic E-state index is 0.0577. The van der Waals surface area contributed by atoms with E-state index < -0.39 is 12.1 Å². The molecule has 0 radical (unpaired) electrons. The predicted molar refractivity (Wildman–Crippen MR) is 131 cm³/mol. The summed E-state index contributed by atoms with van der Waals surface area (Å²) in [5, 5.41) is 9.80. The SMILES string of the molecule is CCOC(Cc1ccc(OCc2nc3ccccc3c(=O)n2-c2ccc(OC)cc2)cc1)C(=O)O. The average molecular weight is 475 g/mol. The molecule has 0 amide bonds. The van der Waals surface area contributed by atoms with Gasteiger partial charge in [0.15, 0.2) is 11.9 Å². The molecule has 3 aromatic carbocycles. The fourth-order valence-corrected chi connectivity index (χ4v) is 3.78. The molecule has 8 nitrogen and oxygen atoms in total. The van der Waals surface area contributed by atoms with E-state index in [0.717, 1.165) is 5.56 Å². The second-order valence-electron chi connectivity index (χ2n) is 7.80. The molecule has 0 saturated carbocycles. The van der Waals surface area contributed by atoms with Crippen LogP contribution in [0.4, 0.5) is 0 Å². The Kier molecular flexibility index (Phi) is 7.42. The van der Waals surface area contributed by atoms with Crippen LogP contribution in [0.5, 0.6) is 11.5 Å². The van der Waals surface area contributed by atoms with Crippen molar-refractivity contribution in [1.29, 1.82) is 0 Å². The van der Waals surface area contributed by atoms with Crippen LogP contribution in [-0.4, -0.2) is 40.4 Å². The normalized spacial score (nSPS) is 11.8. The van der Waals surface area contributed by atoms with Crippen molar-refractivity contribution in [2.24, 2.45) is 0 Å². The second-order valence-corrected chi connectivity index (χ2v) is 7.80. The molecule has 1 aromatic heterocycles. The van der Waals surface area contributed by atoms with Crippen LogP contribution in [0.1, 0.15) is 18.3 Å². The highest BCUT2D eigenvalue weighted by molar-refractivity contribution is 5.77. The van der Waals surface area contributed by atoms with E-state index in [1.807, 2.05) is 12.1 Å². The van der Waals surface area contributed by atoms with Crippen LogP contribution in [0.15, 0.2) is 77.6 Å². The summed E-state index contributed by atoms with van der Waals surface area (Å²) in [7, 11) is 1.59. The summed E-state index contributed by atoms with van der Waals surface area (Å²) >= 11 is 0. The van der Waals surface area contributed by atoms with Gasteiger partial charge < -0.3 is 19.3 Å². The molecule has 35 heavy (non-hydrogen) atoms. The van der Waals surface area contributed by atoms with Crippen LogP contribution in [0.2, 0.25) is 0 Å². The van der Waals surface area contributed by atoms with Gasteiger partial charge in [-0.1, -0.05) is 24.3 Å². The molecule has 0 bridgehead atoms. The maximum absolute atomic E-state index is 13.3. The number of nitrogens with zero attached hydrogens (tertiary/aromatic N) is 2. The van der Waals surface area contributed by atoms with Gasteiger partial charge in [-0.3, -0.25) is 9.36 Å². The zero-order valence-electron chi connectivity index (χ0n) is 19.5. The highest BCUT2D eigenvalue weighted by Crippen LogP contribution is 2.19. The van der Waals surface area contributed by atoms with E-state index in [0.29, 0.717) is 40.5 Å². The predicted octanol–water partition coefficient (Wildman–Crippen LogP) is 4.01. The van der Waals surface area contributed by atoms with E-state index in [-0.39, 0.29) is 18.6 Å². The van der Waals surface area contributed by atoms with E-state index in [9.17, 15) is 14.7 Å². The summed E-state index contributed by atoms with van der Waals surface area (Å²) in [5.74, 6) is 0.708. The lowest BCUT2D eigenvalue weighted by Gasteiger charge is -2.15. The van der Waals surface area contributed by atoms with Crippen molar-refractivity contribution >= 4 is 16.9 Å². The molecule has 1 unspecified atom stereocenters. The van der Waals surface area contributed by atoms with E-state index in [1.54, 1.807) is 74.7 Å². The molecule has 1 heterocycles. The number of carbonyl (C=O) groups is 1. The van der Waals surface area contributed by atoms with Gasteiger partial charge in [0.05, 0.1) is 23.7 Å². The largest absolute Gasteiger partial charge is 0.497 e. The number of hydrogen-bond acceptors (Lipinski definition) is 6. The van der Waals surface area contributed by atoms with Gasteiger partial charge in [0.1, 0.15) is 18.1 Å². The number of benzene rings is 3. The van der Waals surface area contributed by atoms with Gasteiger partial charge in [-0.2, -0.15) is 0 Å². The molecule has 4 aromatic rings. The van der Waals surface area contributed by atoms with Crippen molar-refractivity contribution in [3.8, 4) is 17.2 Å². The van der Waals surface area contributed by atoms with Gasteiger partial charge in [-0.15, -0.1) is 0 Å². The number of carboxylic acids is 1. The molecule has 1 N–H and O–H groups in total. The third kappa shape index (κ3) is 5.50. The van der Waals surface area contributed by atoms with Gasteiger partial charge in [0, 0.05) is 13.0 Å². The Bertz CT molecular complexity index is 1360. The Morgan fingerprint density at radius 1 is 1.00 bits per heavy atom. The van der Waals surface area contributed by atoms with Crippen LogP contribution in [-0.2, 0) is 22.6 Å². The third-order valence-electron chi connectivity index (χ3n) is 5.53. The van der Waals surface area contributed by atoms with Gasteiger partial charge in [0.2, 0.25) is 0 Å². The van der Waals surface area contributed by atoms with Crippen molar-refractivity contribution in [2.75, 3.05) is 13.7 Å². The molecule has 0 saturated heterocycles. The standard InChI is InChI=1S/C27H26N2O6/c1-3-34-24(27(31)32)16-18-8-12-21(13-9-18)35-17-25-28-23-7-5-4-6-22(23)26(30)29(25)19-10-14-20(33-2)15-11-19/h4-15,24H,3,16-17H2,1-2H3,(H,31,32). The van der Waals surface area contributed by atoms with Crippen molar-refractivity contribution in [1.82, 2.24) is 9.55 Å². The number of carboxylic acid groups (broad SMARTS) is 1. The molecule has 4 rings (SSSR count). The van der Waals surface area contributed by atoms with Crippen molar-refractivity contribution in [3.63, 3.8) is 0 Å². The molecule has 180 valence electrons. The van der Waals surface area contributed by atoms with Crippen LogP contribution in [0.3, 0.4) is 0 Å². The Morgan fingerprint density at radius 2 is 1.69 bits per heavy atom.